The topological polar surface area (TPSA) is 113 Å². The van der Waals surface area contributed by atoms with Crippen molar-refractivity contribution in [1.29, 1.82) is 0 Å². The number of hydrogen-bond donors (Lipinski definition) is 3. The zero-order valence-electron chi connectivity index (χ0n) is 14.2. The highest BCUT2D eigenvalue weighted by molar-refractivity contribution is 7.89. The lowest BCUT2D eigenvalue weighted by Gasteiger charge is -2.21. The van der Waals surface area contributed by atoms with Crippen molar-refractivity contribution in [3.8, 4) is 0 Å². The van der Waals surface area contributed by atoms with Crippen LogP contribution in [-0.2, 0) is 19.6 Å². The van der Waals surface area contributed by atoms with E-state index in [1.54, 1.807) is 12.1 Å². The molecule has 1 rings (SSSR count). The average molecular weight is 356 g/mol. The van der Waals surface area contributed by atoms with Crippen LogP contribution in [0.25, 0.3) is 0 Å². The first-order chi connectivity index (χ1) is 11.0. The van der Waals surface area contributed by atoms with Crippen LogP contribution < -0.4 is 10.0 Å². The Morgan fingerprint density at radius 3 is 2.12 bits per heavy atom. The van der Waals surface area contributed by atoms with Gasteiger partial charge in [0.25, 0.3) is 0 Å². The van der Waals surface area contributed by atoms with Gasteiger partial charge in [-0.25, -0.2) is 8.42 Å². The number of rotatable bonds is 8. The minimum atomic E-state index is -3.88. The summed E-state index contributed by atoms with van der Waals surface area (Å²) in [6.45, 7) is 6.86. The zero-order valence-corrected chi connectivity index (χ0v) is 15.1. The maximum atomic E-state index is 12.5. The fraction of sp³-hybridized carbons (Fsp3) is 0.500. The van der Waals surface area contributed by atoms with Gasteiger partial charge in [-0.15, -0.1) is 0 Å². The van der Waals surface area contributed by atoms with Crippen LogP contribution in [0.15, 0.2) is 29.2 Å². The highest BCUT2D eigenvalue weighted by Gasteiger charge is 2.28. The van der Waals surface area contributed by atoms with E-state index in [4.69, 9.17) is 5.11 Å². The molecule has 0 saturated carbocycles. The largest absolute Gasteiger partial charge is 0.480 e. The molecule has 7 nitrogen and oxygen atoms in total. The van der Waals surface area contributed by atoms with Crippen LogP contribution in [0.4, 0.5) is 0 Å². The van der Waals surface area contributed by atoms with E-state index < -0.39 is 34.0 Å². The number of carboxylic acid groups (broad SMARTS) is 1. The van der Waals surface area contributed by atoms with E-state index in [0.29, 0.717) is 0 Å². The van der Waals surface area contributed by atoms with Gasteiger partial charge in [0.1, 0.15) is 12.1 Å². The van der Waals surface area contributed by atoms with Gasteiger partial charge >= 0.3 is 5.97 Å². The molecule has 0 unspecified atom stereocenters. The van der Waals surface area contributed by atoms with Crippen molar-refractivity contribution in [2.75, 3.05) is 0 Å². The highest BCUT2D eigenvalue weighted by atomic mass is 32.2. The Kier molecular flexibility index (Phi) is 6.92. The van der Waals surface area contributed by atoms with Gasteiger partial charge in [0, 0.05) is 0 Å². The molecule has 24 heavy (non-hydrogen) atoms. The standard InChI is InChI=1S/C16H24N2O5S/c1-10(2)9-14(15(19)17-12(4)16(20)21)18-24(22,23)13-7-5-11(3)6-8-13/h5-8,10,12,14,18H,9H2,1-4H3,(H,17,19)(H,20,21)/t12-,14-/m0/s1. The van der Waals surface area contributed by atoms with Gasteiger partial charge in [-0.1, -0.05) is 31.5 Å². The van der Waals surface area contributed by atoms with Gasteiger partial charge in [-0.05, 0) is 38.3 Å². The van der Waals surface area contributed by atoms with E-state index >= 15 is 0 Å². The molecule has 1 amide bonds. The molecule has 2 atom stereocenters. The summed E-state index contributed by atoms with van der Waals surface area (Å²) in [5.74, 6) is -1.80. The summed E-state index contributed by atoms with van der Waals surface area (Å²) >= 11 is 0. The lowest BCUT2D eigenvalue weighted by Crippen LogP contribution is -2.51. The third-order valence-corrected chi connectivity index (χ3v) is 4.87. The Bertz CT molecular complexity index is 683. The fourth-order valence-electron chi connectivity index (χ4n) is 2.03. The second-order valence-corrected chi connectivity index (χ2v) is 7.90. The molecule has 134 valence electrons. The average Bonchev–Trinajstić information content (AvgIpc) is 2.46. The van der Waals surface area contributed by atoms with Crippen LogP contribution in [0.2, 0.25) is 0 Å². The molecular weight excluding hydrogens is 332 g/mol. The number of benzene rings is 1. The van der Waals surface area contributed by atoms with Gasteiger partial charge in [0.15, 0.2) is 0 Å². The molecule has 0 aliphatic rings. The van der Waals surface area contributed by atoms with Crippen molar-refractivity contribution >= 4 is 21.9 Å². The molecule has 0 saturated heterocycles. The van der Waals surface area contributed by atoms with Crippen LogP contribution in [0, 0.1) is 12.8 Å². The van der Waals surface area contributed by atoms with Crippen molar-refractivity contribution in [1.82, 2.24) is 10.0 Å². The molecule has 3 N–H and O–H groups in total. The molecule has 0 aliphatic carbocycles. The number of aryl methyl sites for hydroxylation is 1. The minimum Gasteiger partial charge on any atom is -0.480 e. The van der Waals surface area contributed by atoms with Crippen LogP contribution in [0.1, 0.15) is 32.8 Å². The first kappa shape index (κ1) is 20.1. The van der Waals surface area contributed by atoms with Crippen molar-refractivity contribution in [3.05, 3.63) is 29.8 Å². The summed E-state index contributed by atoms with van der Waals surface area (Å²) in [4.78, 5) is 23.2. The van der Waals surface area contributed by atoms with Crippen molar-refractivity contribution < 1.29 is 23.1 Å². The summed E-state index contributed by atoms with van der Waals surface area (Å²) in [5, 5.41) is 11.2. The number of carbonyl (C=O) groups is 2. The van der Waals surface area contributed by atoms with E-state index in [1.165, 1.54) is 19.1 Å². The summed E-state index contributed by atoms with van der Waals surface area (Å²) in [6, 6.07) is 4.11. The molecule has 0 aromatic heterocycles. The van der Waals surface area contributed by atoms with Gasteiger partial charge in [0.2, 0.25) is 15.9 Å². The molecule has 0 fully saturated rings. The van der Waals surface area contributed by atoms with E-state index in [9.17, 15) is 18.0 Å². The summed E-state index contributed by atoms with van der Waals surface area (Å²) in [6.07, 6.45) is 0.253. The molecule has 8 heteroatoms. The Balaban J connectivity index is 2.98. The van der Waals surface area contributed by atoms with Crippen molar-refractivity contribution in [3.63, 3.8) is 0 Å². The first-order valence-electron chi connectivity index (χ1n) is 7.65. The van der Waals surface area contributed by atoms with Crippen molar-refractivity contribution in [2.24, 2.45) is 5.92 Å². The van der Waals surface area contributed by atoms with Crippen molar-refractivity contribution in [2.45, 2.75) is 51.1 Å². The predicted octanol–water partition coefficient (Wildman–Crippen LogP) is 1.28. The molecule has 1 aromatic rings. The molecule has 0 radical (unpaired) electrons. The maximum Gasteiger partial charge on any atom is 0.325 e. The Labute approximate surface area is 142 Å². The third-order valence-electron chi connectivity index (χ3n) is 3.38. The quantitative estimate of drug-likeness (QED) is 0.649. The lowest BCUT2D eigenvalue weighted by molar-refractivity contribution is -0.141. The second kappa shape index (κ2) is 8.25. The normalized spacial score (nSPS) is 14.2. The number of carbonyl (C=O) groups excluding carboxylic acids is 1. The van der Waals surface area contributed by atoms with Gasteiger partial charge in [0.05, 0.1) is 4.90 Å². The second-order valence-electron chi connectivity index (χ2n) is 6.18. The molecule has 0 spiro atoms. The summed E-state index contributed by atoms with van der Waals surface area (Å²) < 4.78 is 27.3. The fourth-order valence-corrected chi connectivity index (χ4v) is 3.24. The molecule has 0 heterocycles. The number of carboxylic acids is 1. The van der Waals surface area contributed by atoms with E-state index in [2.05, 4.69) is 10.0 Å². The Hall–Kier alpha value is -1.93. The molecule has 0 aliphatic heterocycles. The smallest absolute Gasteiger partial charge is 0.325 e. The minimum absolute atomic E-state index is 0.0431. The van der Waals surface area contributed by atoms with E-state index in [0.717, 1.165) is 5.56 Å². The van der Waals surface area contributed by atoms with Crippen LogP contribution in [-0.4, -0.2) is 37.5 Å². The molecular formula is C16H24N2O5S. The van der Waals surface area contributed by atoms with E-state index in [1.807, 2.05) is 20.8 Å². The molecule has 0 bridgehead atoms. The van der Waals surface area contributed by atoms with Gasteiger partial charge < -0.3 is 10.4 Å². The Morgan fingerprint density at radius 2 is 1.67 bits per heavy atom. The number of aliphatic carboxylic acids is 1. The predicted molar refractivity (Wildman–Crippen MR) is 90.0 cm³/mol. The van der Waals surface area contributed by atoms with Crippen LogP contribution >= 0.6 is 0 Å². The first-order valence-corrected chi connectivity index (χ1v) is 9.13. The van der Waals surface area contributed by atoms with Crippen LogP contribution in [0.3, 0.4) is 0 Å². The Morgan fingerprint density at radius 1 is 1.12 bits per heavy atom. The van der Waals surface area contributed by atoms with E-state index in [-0.39, 0.29) is 17.2 Å². The number of nitrogens with one attached hydrogen (secondary N) is 2. The molecule has 1 aromatic carbocycles. The zero-order chi connectivity index (χ0) is 18.5. The van der Waals surface area contributed by atoms with Gasteiger partial charge in [-0.2, -0.15) is 4.72 Å². The van der Waals surface area contributed by atoms with Crippen LogP contribution in [0.5, 0.6) is 0 Å². The monoisotopic (exact) mass is 356 g/mol. The highest BCUT2D eigenvalue weighted by Crippen LogP contribution is 2.13. The maximum absolute atomic E-state index is 12.5. The third kappa shape index (κ3) is 5.93. The summed E-state index contributed by atoms with van der Waals surface area (Å²) in [5.41, 5.74) is 0.917. The summed E-state index contributed by atoms with van der Waals surface area (Å²) in [7, 11) is -3.88. The number of sulfonamides is 1. The lowest BCUT2D eigenvalue weighted by atomic mass is 10.0. The van der Waals surface area contributed by atoms with Gasteiger partial charge in [-0.3, -0.25) is 9.59 Å². The number of amides is 1. The number of hydrogen-bond acceptors (Lipinski definition) is 4. The SMILES string of the molecule is Cc1ccc(S(=O)(=O)N[C@@H](CC(C)C)C(=O)N[C@@H](C)C(=O)O)cc1.